The molecule has 0 aliphatic heterocycles. The largest absolute Gasteiger partial charge is 0.469 e. The van der Waals surface area contributed by atoms with Crippen molar-refractivity contribution in [1.82, 2.24) is 15.1 Å². The number of carbonyl (C=O) groups excluding carboxylic acids is 2. The van der Waals surface area contributed by atoms with E-state index in [0.29, 0.717) is 11.8 Å². The Morgan fingerprint density at radius 2 is 2.20 bits per heavy atom. The number of ether oxygens (including phenoxy) is 1. The second-order valence-corrected chi connectivity index (χ2v) is 5.68. The summed E-state index contributed by atoms with van der Waals surface area (Å²) in [5, 5.41) is 7.03. The Bertz CT molecular complexity index is 500. The van der Waals surface area contributed by atoms with Crippen LogP contribution in [-0.2, 0) is 20.9 Å². The number of esters is 1. The number of hydrogen-bond acceptors (Lipinski definition) is 4. The maximum Gasteiger partial charge on any atom is 0.311 e. The van der Waals surface area contributed by atoms with Crippen LogP contribution < -0.4 is 5.32 Å². The molecular formula is C14H19N3O3. The topological polar surface area (TPSA) is 73.2 Å². The highest BCUT2D eigenvalue weighted by molar-refractivity contribution is 5.79. The van der Waals surface area contributed by atoms with Gasteiger partial charge in [0.2, 0.25) is 5.91 Å². The zero-order valence-corrected chi connectivity index (χ0v) is 11.5. The molecule has 20 heavy (non-hydrogen) atoms. The van der Waals surface area contributed by atoms with Gasteiger partial charge in [0, 0.05) is 18.4 Å². The summed E-state index contributed by atoms with van der Waals surface area (Å²) in [6.45, 7) is 0.189. The smallest absolute Gasteiger partial charge is 0.311 e. The van der Waals surface area contributed by atoms with Crippen molar-refractivity contribution in [2.45, 2.75) is 31.8 Å². The first-order chi connectivity index (χ1) is 9.69. The van der Waals surface area contributed by atoms with Gasteiger partial charge in [-0.3, -0.25) is 14.3 Å². The van der Waals surface area contributed by atoms with E-state index in [-0.39, 0.29) is 30.4 Å². The van der Waals surface area contributed by atoms with Crippen molar-refractivity contribution < 1.29 is 14.3 Å². The van der Waals surface area contributed by atoms with Crippen LogP contribution in [0.4, 0.5) is 0 Å². The van der Waals surface area contributed by atoms with Gasteiger partial charge in [0.1, 0.15) is 6.54 Å². The molecule has 0 spiro atoms. The van der Waals surface area contributed by atoms with Gasteiger partial charge in [0.05, 0.1) is 13.0 Å². The van der Waals surface area contributed by atoms with Crippen LogP contribution in [0.1, 0.15) is 19.3 Å². The minimum atomic E-state index is -0.193. The van der Waals surface area contributed by atoms with Crippen LogP contribution >= 0.6 is 0 Å². The van der Waals surface area contributed by atoms with E-state index >= 15 is 0 Å². The number of aromatic nitrogens is 2. The molecule has 1 amide bonds. The van der Waals surface area contributed by atoms with Crippen molar-refractivity contribution in [2.24, 2.45) is 17.8 Å². The van der Waals surface area contributed by atoms with E-state index in [1.54, 1.807) is 23.1 Å². The standard InChI is InChI=1S/C14H19N3O3/c1-20-14(19)12-9-3-4-10(7-9)13(12)16-11(18)8-17-6-2-5-15-17/h2,5-6,9-10,12-13H,3-4,7-8H2,1H3,(H,16,18)/t9-,10-,12-,13-/m0/s1. The summed E-state index contributed by atoms with van der Waals surface area (Å²) < 4.78 is 6.48. The summed E-state index contributed by atoms with van der Waals surface area (Å²) >= 11 is 0. The van der Waals surface area contributed by atoms with E-state index in [1.165, 1.54) is 7.11 Å². The number of rotatable bonds is 4. The molecule has 108 valence electrons. The van der Waals surface area contributed by atoms with Crippen LogP contribution in [-0.4, -0.2) is 34.8 Å². The summed E-state index contributed by atoms with van der Waals surface area (Å²) in [6.07, 6.45) is 6.56. The van der Waals surface area contributed by atoms with Gasteiger partial charge < -0.3 is 10.1 Å². The lowest BCUT2D eigenvalue weighted by Crippen LogP contribution is -2.48. The molecule has 6 nitrogen and oxygen atoms in total. The van der Waals surface area contributed by atoms with Gasteiger partial charge in [-0.1, -0.05) is 0 Å². The van der Waals surface area contributed by atoms with E-state index in [1.807, 2.05) is 0 Å². The van der Waals surface area contributed by atoms with Crippen molar-refractivity contribution in [3.05, 3.63) is 18.5 Å². The number of nitrogens with one attached hydrogen (secondary N) is 1. The van der Waals surface area contributed by atoms with Gasteiger partial charge in [0.25, 0.3) is 0 Å². The van der Waals surface area contributed by atoms with E-state index < -0.39 is 0 Å². The van der Waals surface area contributed by atoms with Crippen molar-refractivity contribution in [3.63, 3.8) is 0 Å². The van der Waals surface area contributed by atoms with Gasteiger partial charge in [-0.05, 0) is 37.2 Å². The van der Waals surface area contributed by atoms with Crippen molar-refractivity contribution >= 4 is 11.9 Å². The average Bonchev–Trinajstić information content (AvgIpc) is 3.14. The summed E-state index contributed by atoms with van der Waals surface area (Å²) in [5.74, 6) is 0.301. The van der Waals surface area contributed by atoms with Gasteiger partial charge in [-0.15, -0.1) is 0 Å². The zero-order valence-electron chi connectivity index (χ0n) is 11.5. The Balaban J connectivity index is 1.66. The van der Waals surface area contributed by atoms with Crippen LogP contribution in [0, 0.1) is 17.8 Å². The molecule has 3 rings (SSSR count). The van der Waals surface area contributed by atoms with Gasteiger partial charge >= 0.3 is 5.97 Å². The fraction of sp³-hybridized carbons (Fsp3) is 0.643. The number of methoxy groups -OCH3 is 1. The molecule has 0 radical (unpaired) electrons. The lowest BCUT2D eigenvalue weighted by Gasteiger charge is -2.29. The lowest BCUT2D eigenvalue weighted by molar-refractivity contribution is -0.148. The quantitative estimate of drug-likeness (QED) is 0.817. The Kier molecular flexibility index (Phi) is 3.46. The summed E-state index contributed by atoms with van der Waals surface area (Å²) in [7, 11) is 1.41. The molecule has 2 fully saturated rings. The highest BCUT2D eigenvalue weighted by atomic mass is 16.5. The van der Waals surface area contributed by atoms with Gasteiger partial charge in [0.15, 0.2) is 0 Å². The Hall–Kier alpha value is -1.85. The average molecular weight is 277 g/mol. The zero-order chi connectivity index (χ0) is 14.1. The van der Waals surface area contributed by atoms with Crippen molar-refractivity contribution in [3.8, 4) is 0 Å². The van der Waals surface area contributed by atoms with E-state index in [0.717, 1.165) is 19.3 Å². The highest BCUT2D eigenvalue weighted by Crippen LogP contribution is 2.48. The molecule has 0 aromatic carbocycles. The third kappa shape index (κ3) is 2.30. The lowest BCUT2D eigenvalue weighted by atomic mass is 9.84. The molecule has 2 aliphatic rings. The maximum absolute atomic E-state index is 12.1. The Labute approximate surface area is 117 Å². The third-order valence-corrected chi connectivity index (χ3v) is 4.58. The molecular weight excluding hydrogens is 258 g/mol. The predicted octanol–water partition coefficient (Wildman–Crippen LogP) is 0.587. The van der Waals surface area contributed by atoms with Gasteiger partial charge in [-0.25, -0.2) is 0 Å². The molecule has 1 N–H and O–H groups in total. The van der Waals surface area contributed by atoms with Gasteiger partial charge in [-0.2, -0.15) is 5.10 Å². The molecule has 2 saturated carbocycles. The number of nitrogens with zero attached hydrogens (tertiary/aromatic N) is 2. The van der Waals surface area contributed by atoms with E-state index in [2.05, 4.69) is 10.4 Å². The number of fused-ring (bicyclic) bond motifs is 2. The fourth-order valence-electron chi connectivity index (χ4n) is 3.75. The monoisotopic (exact) mass is 277 g/mol. The Morgan fingerprint density at radius 3 is 2.90 bits per heavy atom. The minimum Gasteiger partial charge on any atom is -0.469 e. The van der Waals surface area contributed by atoms with E-state index in [9.17, 15) is 9.59 Å². The number of amides is 1. The van der Waals surface area contributed by atoms with Crippen LogP contribution in [0.25, 0.3) is 0 Å². The second kappa shape index (κ2) is 5.26. The normalized spacial score (nSPS) is 31.2. The van der Waals surface area contributed by atoms with Crippen LogP contribution in [0.5, 0.6) is 0 Å². The Morgan fingerprint density at radius 1 is 1.40 bits per heavy atom. The fourth-order valence-corrected chi connectivity index (χ4v) is 3.75. The third-order valence-electron chi connectivity index (χ3n) is 4.58. The molecule has 1 heterocycles. The molecule has 0 saturated heterocycles. The first-order valence-electron chi connectivity index (χ1n) is 7.03. The first kappa shape index (κ1) is 13.1. The molecule has 6 heteroatoms. The number of carbonyl (C=O) groups is 2. The molecule has 1 aromatic heterocycles. The number of hydrogen-bond donors (Lipinski definition) is 1. The predicted molar refractivity (Wildman–Crippen MR) is 70.5 cm³/mol. The van der Waals surface area contributed by atoms with Crippen LogP contribution in [0.3, 0.4) is 0 Å². The molecule has 1 aromatic rings. The second-order valence-electron chi connectivity index (χ2n) is 5.68. The summed E-state index contributed by atoms with van der Waals surface area (Å²) in [5.41, 5.74) is 0. The molecule has 4 atom stereocenters. The highest BCUT2D eigenvalue weighted by Gasteiger charge is 2.51. The van der Waals surface area contributed by atoms with Crippen LogP contribution in [0.2, 0.25) is 0 Å². The SMILES string of the molecule is COC(=O)[C@H]1[C@H]2CC[C@@H](C2)[C@@H]1NC(=O)Cn1cccn1. The van der Waals surface area contributed by atoms with Crippen molar-refractivity contribution in [1.29, 1.82) is 0 Å². The van der Waals surface area contributed by atoms with E-state index in [4.69, 9.17) is 4.74 Å². The molecule has 2 bridgehead atoms. The summed E-state index contributed by atoms with van der Waals surface area (Å²) in [6, 6.07) is 1.70. The molecule has 2 aliphatic carbocycles. The maximum atomic E-state index is 12.1. The first-order valence-corrected chi connectivity index (χ1v) is 7.03. The van der Waals surface area contributed by atoms with Crippen molar-refractivity contribution in [2.75, 3.05) is 7.11 Å². The summed E-state index contributed by atoms with van der Waals surface area (Å²) in [4.78, 5) is 24.0. The van der Waals surface area contributed by atoms with Crippen LogP contribution in [0.15, 0.2) is 18.5 Å². The molecule has 0 unspecified atom stereocenters. The minimum absolute atomic E-state index is 0.0794.